The number of carbonyl (C=O) groups is 1. The molecule has 0 unspecified atom stereocenters. The average Bonchev–Trinajstić information content (AvgIpc) is 2.54. The number of hydrogen-bond donors (Lipinski definition) is 1. The molecule has 0 spiro atoms. The molecule has 134 valence electrons. The molecule has 4 nitrogen and oxygen atoms in total. The molecule has 0 aliphatic carbocycles. The van der Waals surface area contributed by atoms with Gasteiger partial charge in [-0.25, -0.2) is 0 Å². The van der Waals surface area contributed by atoms with E-state index in [1.165, 1.54) is 0 Å². The third-order valence-corrected chi connectivity index (χ3v) is 3.56. The number of carbonyl (C=O) groups excluding carboxylic acids is 1. The first kappa shape index (κ1) is 18.8. The van der Waals surface area contributed by atoms with E-state index in [0.717, 1.165) is 17.1 Å². The van der Waals surface area contributed by atoms with Crippen LogP contribution < -0.4 is 14.8 Å². The Bertz CT molecular complexity index is 700. The molecule has 1 amide bonds. The van der Waals surface area contributed by atoms with Crippen LogP contribution in [0, 0.1) is 0 Å². The molecule has 4 heteroatoms. The maximum absolute atomic E-state index is 12.1. The number of anilines is 1. The summed E-state index contributed by atoms with van der Waals surface area (Å²) in [6, 6.07) is 15.1. The van der Waals surface area contributed by atoms with Gasteiger partial charge >= 0.3 is 0 Å². The first-order valence-corrected chi connectivity index (χ1v) is 8.54. The van der Waals surface area contributed by atoms with E-state index in [4.69, 9.17) is 9.47 Å². The predicted octanol–water partition coefficient (Wildman–Crippen LogP) is 4.79. The summed E-state index contributed by atoms with van der Waals surface area (Å²) in [6.07, 6.45) is 0.122. The van der Waals surface area contributed by atoms with E-state index in [2.05, 4.69) is 26.1 Å². The highest BCUT2D eigenvalue weighted by Crippen LogP contribution is 2.30. The predicted molar refractivity (Wildman–Crippen MR) is 101 cm³/mol. The Morgan fingerprint density at radius 1 is 1.04 bits per heavy atom. The zero-order valence-electron chi connectivity index (χ0n) is 15.6. The summed E-state index contributed by atoms with van der Waals surface area (Å²) < 4.78 is 11.3. The van der Waals surface area contributed by atoms with E-state index in [1.807, 2.05) is 62.4 Å². The van der Waals surface area contributed by atoms with Crippen LogP contribution in [-0.2, 0) is 10.2 Å². The molecule has 2 aromatic rings. The summed E-state index contributed by atoms with van der Waals surface area (Å²) in [4.78, 5) is 12.1. The van der Waals surface area contributed by atoms with Gasteiger partial charge in [0.05, 0.1) is 6.10 Å². The van der Waals surface area contributed by atoms with Crippen molar-refractivity contribution in [1.82, 2.24) is 0 Å². The van der Waals surface area contributed by atoms with Crippen LogP contribution in [0.25, 0.3) is 0 Å². The van der Waals surface area contributed by atoms with Crippen LogP contribution in [0.3, 0.4) is 0 Å². The Morgan fingerprint density at radius 3 is 2.28 bits per heavy atom. The van der Waals surface area contributed by atoms with Crippen LogP contribution in [-0.4, -0.2) is 18.6 Å². The average molecular weight is 341 g/mol. The van der Waals surface area contributed by atoms with Crippen LogP contribution in [0.5, 0.6) is 11.5 Å². The normalized spacial score (nSPS) is 11.3. The van der Waals surface area contributed by atoms with E-state index in [-0.39, 0.29) is 24.0 Å². The van der Waals surface area contributed by atoms with Crippen molar-refractivity contribution < 1.29 is 14.3 Å². The zero-order valence-corrected chi connectivity index (χ0v) is 15.6. The first-order chi connectivity index (χ1) is 11.8. The van der Waals surface area contributed by atoms with Crippen molar-refractivity contribution in [3.05, 3.63) is 54.1 Å². The van der Waals surface area contributed by atoms with E-state index >= 15 is 0 Å². The van der Waals surface area contributed by atoms with Gasteiger partial charge in [-0.3, -0.25) is 4.79 Å². The molecule has 0 saturated carbocycles. The van der Waals surface area contributed by atoms with Gasteiger partial charge in [0.2, 0.25) is 0 Å². The Hall–Kier alpha value is -2.49. The van der Waals surface area contributed by atoms with E-state index in [1.54, 1.807) is 0 Å². The molecule has 0 aliphatic rings. The number of ether oxygens (including phenoxy) is 2. The Labute approximate surface area is 150 Å². The second-order valence-electron chi connectivity index (χ2n) is 7.27. The molecule has 0 aliphatic heterocycles. The summed E-state index contributed by atoms with van der Waals surface area (Å²) in [5.41, 5.74) is 1.76. The van der Waals surface area contributed by atoms with Crippen molar-refractivity contribution in [2.24, 2.45) is 0 Å². The van der Waals surface area contributed by atoms with Crippen LogP contribution in [0.2, 0.25) is 0 Å². The second kappa shape index (κ2) is 8.06. The standard InChI is InChI=1S/C21H27NO3/c1-15(2)25-17-12-10-16(11-13-17)22-20(23)14-24-19-9-7-6-8-18(19)21(3,4)5/h6-13,15H,14H2,1-5H3,(H,22,23). The van der Waals surface area contributed by atoms with Crippen molar-refractivity contribution in [3.63, 3.8) is 0 Å². The minimum atomic E-state index is -0.193. The smallest absolute Gasteiger partial charge is 0.262 e. The number of para-hydroxylation sites is 1. The largest absolute Gasteiger partial charge is 0.491 e. The van der Waals surface area contributed by atoms with Crippen molar-refractivity contribution in [2.75, 3.05) is 11.9 Å². The third-order valence-electron chi connectivity index (χ3n) is 3.56. The van der Waals surface area contributed by atoms with Gasteiger partial charge in [-0.2, -0.15) is 0 Å². The third kappa shape index (κ3) is 5.82. The van der Waals surface area contributed by atoms with Gasteiger partial charge in [0.15, 0.2) is 6.61 Å². The minimum absolute atomic E-state index is 0.0304. The number of rotatable bonds is 6. The van der Waals surface area contributed by atoms with Crippen LogP contribution in [0.1, 0.15) is 40.2 Å². The summed E-state index contributed by atoms with van der Waals surface area (Å²) in [5, 5.41) is 2.83. The highest BCUT2D eigenvalue weighted by Gasteiger charge is 2.18. The van der Waals surface area contributed by atoms with Gasteiger partial charge in [0.1, 0.15) is 11.5 Å². The Balaban J connectivity index is 1.93. The van der Waals surface area contributed by atoms with Crippen molar-refractivity contribution in [3.8, 4) is 11.5 Å². The molecule has 1 N–H and O–H groups in total. The van der Waals surface area contributed by atoms with Crippen molar-refractivity contribution in [2.45, 2.75) is 46.1 Å². The molecule has 25 heavy (non-hydrogen) atoms. The lowest BCUT2D eigenvalue weighted by Gasteiger charge is -2.22. The lowest BCUT2D eigenvalue weighted by atomic mass is 9.86. The summed E-state index contributed by atoms with van der Waals surface area (Å²) >= 11 is 0. The molecule has 0 bridgehead atoms. The highest BCUT2D eigenvalue weighted by atomic mass is 16.5. The van der Waals surface area contributed by atoms with Gasteiger partial charge < -0.3 is 14.8 Å². The monoisotopic (exact) mass is 341 g/mol. The van der Waals surface area contributed by atoms with Crippen LogP contribution >= 0.6 is 0 Å². The topological polar surface area (TPSA) is 47.6 Å². The first-order valence-electron chi connectivity index (χ1n) is 8.54. The summed E-state index contributed by atoms with van der Waals surface area (Å²) in [7, 11) is 0. The maximum Gasteiger partial charge on any atom is 0.262 e. The van der Waals surface area contributed by atoms with Gasteiger partial charge in [0.25, 0.3) is 5.91 Å². The molecule has 0 atom stereocenters. The van der Waals surface area contributed by atoms with Gasteiger partial charge in [-0.1, -0.05) is 39.0 Å². The highest BCUT2D eigenvalue weighted by molar-refractivity contribution is 5.91. The quantitative estimate of drug-likeness (QED) is 0.822. The SMILES string of the molecule is CC(C)Oc1ccc(NC(=O)COc2ccccc2C(C)(C)C)cc1. The Morgan fingerprint density at radius 2 is 1.68 bits per heavy atom. The molecular weight excluding hydrogens is 314 g/mol. The second-order valence-corrected chi connectivity index (χ2v) is 7.27. The number of hydrogen-bond acceptors (Lipinski definition) is 3. The zero-order chi connectivity index (χ0) is 18.4. The van der Waals surface area contributed by atoms with Gasteiger partial charge in [-0.05, 0) is 55.2 Å². The van der Waals surface area contributed by atoms with E-state index in [0.29, 0.717) is 5.69 Å². The molecule has 2 aromatic carbocycles. The number of amides is 1. The maximum atomic E-state index is 12.1. The molecule has 2 rings (SSSR count). The Kier molecular flexibility index (Phi) is 6.07. The molecular formula is C21H27NO3. The molecule has 0 radical (unpaired) electrons. The van der Waals surface area contributed by atoms with Crippen LogP contribution in [0.4, 0.5) is 5.69 Å². The lowest BCUT2D eigenvalue weighted by Crippen LogP contribution is -2.22. The summed E-state index contributed by atoms with van der Waals surface area (Å²) in [5.74, 6) is 1.33. The van der Waals surface area contributed by atoms with Gasteiger partial charge in [-0.15, -0.1) is 0 Å². The molecule has 0 aromatic heterocycles. The number of nitrogens with one attached hydrogen (secondary N) is 1. The van der Waals surface area contributed by atoms with E-state index in [9.17, 15) is 4.79 Å². The van der Waals surface area contributed by atoms with Crippen molar-refractivity contribution in [1.29, 1.82) is 0 Å². The van der Waals surface area contributed by atoms with Crippen molar-refractivity contribution >= 4 is 11.6 Å². The fourth-order valence-electron chi connectivity index (χ4n) is 2.44. The van der Waals surface area contributed by atoms with E-state index < -0.39 is 0 Å². The fraction of sp³-hybridized carbons (Fsp3) is 0.381. The van der Waals surface area contributed by atoms with Gasteiger partial charge in [0, 0.05) is 5.69 Å². The van der Waals surface area contributed by atoms with Crippen LogP contribution in [0.15, 0.2) is 48.5 Å². The molecule has 0 saturated heterocycles. The number of benzene rings is 2. The minimum Gasteiger partial charge on any atom is -0.491 e. The lowest BCUT2D eigenvalue weighted by molar-refractivity contribution is -0.118. The summed E-state index contributed by atoms with van der Waals surface area (Å²) in [6.45, 7) is 10.3. The molecule has 0 fully saturated rings. The fourth-order valence-corrected chi connectivity index (χ4v) is 2.44. The molecule has 0 heterocycles.